The van der Waals surface area contributed by atoms with E-state index in [0.717, 1.165) is 17.9 Å². The number of hydrogen-bond donors (Lipinski definition) is 0. The fourth-order valence-electron chi connectivity index (χ4n) is 2.61. The maximum absolute atomic E-state index is 12.4. The number of carbonyl (C=O) groups is 1. The molecular formula is C17H26N2O3. The molecule has 2 atom stereocenters. The molecule has 2 heterocycles. The summed E-state index contributed by atoms with van der Waals surface area (Å²) in [7, 11) is 0. The predicted molar refractivity (Wildman–Crippen MR) is 85.2 cm³/mol. The second kappa shape index (κ2) is 6.55. The second-order valence-electron chi connectivity index (χ2n) is 6.74. The van der Waals surface area contributed by atoms with Crippen molar-refractivity contribution in [1.29, 1.82) is 0 Å². The minimum absolute atomic E-state index is 0.00620. The molecule has 0 radical (unpaired) electrons. The maximum Gasteiger partial charge on any atom is 0.410 e. The Morgan fingerprint density at radius 1 is 1.45 bits per heavy atom. The zero-order valence-corrected chi connectivity index (χ0v) is 14.1. The van der Waals surface area contributed by atoms with Crippen molar-refractivity contribution in [3.63, 3.8) is 0 Å². The van der Waals surface area contributed by atoms with E-state index in [1.807, 2.05) is 39.8 Å². The molecule has 0 aliphatic carbocycles. The van der Waals surface area contributed by atoms with Gasteiger partial charge >= 0.3 is 6.09 Å². The molecule has 1 amide bonds. The lowest BCUT2D eigenvalue weighted by molar-refractivity contribution is 0.0222. The summed E-state index contributed by atoms with van der Waals surface area (Å²) in [6.45, 7) is 10.9. The molecule has 1 aliphatic heterocycles. The van der Waals surface area contributed by atoms with Gasteiger partial charge in [-0.2, -0.15) is 0 Å². The molecule has 0 aromatic carbocycles. The summed E-state index contributed by atoms with van der Waals surface area (Å²) in [4.78, 5) is 18.6. The van der Waals surface area contributed by atoms with Crippen molar-refractivity contribution in [2.75, 3.05) is 13.1 Å². The Morgan fingerprint density at radius 2 is 2.18 bits per heavy atom. The van der Waals surface area contributed by atoms with E-state index in [2.05, 4.69) is 11.9 Å². The number of rotatable bonds is 4. The third-order valence-corrected chi connectivity index (χ3v) is 3.59. The van der Waals surface area contributed by atoms with Crippen molar-refractivity contribution in [1.82, 2.24) is 9.88 Å². The van der Waals surface area contributed by atoms with Gasteiger partial charge in [0.05, 0.1) is 11.6 Å². The van der Waals surface area contributed by atoms with Gasteiger partial charge in [-0.15, -0.1) is 0 Å². The van der Waals surface area contributed by atoms with Crippen LogP contribution in [0.1, 0.15) is 52.7 Å². The summed E-state index contributed by atoms with van der Waals surface area (Å²) in [6.07, 6.45) is 2.39. The third kappa shape index (κ3) is 3.90. The number of hydrogen-bond acceptors (Lipinski definition) is 4. The van der Waals surface area contributed by atoms with E-state index in [-0.39, 0.29) is 18.1 Å². The van der Waals surface area contributed by atoms with Crippen molar-refractivity contribution in [2.24, 2.45) is 0 Å². The molecular weight excluding hydrogens is 280 g/mol. The minimum atomic E-state index is -0.489. The lowest BCUT2D eigenvalue weighted by atomic mass is 10.0. The van der Waals surface area contributed by atoms with Crippen LogP contribution in [0.15, 0.2) is 18.3 Å². The maximum atomic E-state index is 12.4. The molecule has 22 heavy (non-hydrogen) atoms. The predicted octanol–water partition coefficient (Wildman–Crippen LogP) is 3.59. The van der Waals surface area contributed by atoms with Gasteiger partial charge in [0.25, 0.3) is 0 Å². The monoisotopic (exact) mass is 306 g/mol. The average molecular weight is 306 g/mol. The van der Waals surface area contributed by atoms with Gasteiger partial charge in [0, 0.05) is 19.3 Å². The van der Waals surface area contributed by atoms with Gasteiger partial charge < -0.3 is 14.4 Å². The largest absolute Gasteiger partial charge is 0.488 e. The molecule has 1 aromatic rings. The van der Waals surface area contributed by atoms with Crippen LogP contribution in [0.4, 0.5) is 4.79 Å². The highest BCUT2D eigenvalue weighted by atomic mass is 16.6. The molecule has 0 unspecified atom stereocenters. The molecule has 5 nitrogen and oxygen atoms in total. The van der Waals surface area contributed by atoms with E-state index in [4.69, 9.17) is 9.47 Å². The summed E-state index contributed by atoms with van der Waals surface area (Å²) in [5.74, 6) is 0.899. The van der Waals surface area contributed by atoms with Crippen LogP contribution in [0.5, 0.6) is 5.75 Å². The number of pyridine rings is 1. The summed E-state index contributed by atoms with van der Waals surface area (Å²) >= 11 is 0. The Hall–Kier alpha value is -1.78. The first-order valence-corrected chi connectivity index (χ1v) is 7.91. The number of ether oxygens (including phenoxy) is 2. The normalized spacial score (nSPS) is 20.2. The zero-order valence-electron chi connectivity index (χ0n) is 14.1. The molecule has 0 spiro atoms. The van der Waals surface area contributed by atoms with Gasteiger partial charge in [-0.1, -0.05) is 6.92 Å². The lowest BCUT2D eigenvalue weighted by Crippen LogP contribution is -2.41. The van der Waals surface area contributed by atoms with E-state index in [0.29, 0.717) is 13.1 Å². The fourth-order valence-corrected chi connectivity index (χ4v) is 2.61. The number of amides is 1. The molecule has 0 bridgehead atoms. The molecule has 0 fully saturated rings. The van der Waals surface area contributed by atoms with Crippen LogP contribution in [0.3, 0.4) is 0 Å². The molecule has 0 N–H and O–H groups in total. The summed E-state index contributed by atoms with van der Waals surface area (Å²) in [5, 5.41) is 0. The van der Waals surface area contributed by atoms with Gasteiger partial charge in [-0.3, -0.25) is 4.98 Å². The van der Waals surface area contributed by atoms with E-state index < -0.39 is 5.60 Å². The Labute approximate surface area is 132 Å². The summed E-state index contributed by atoms with van der Waals surface area (Å²) < 4.78 is 11.3. The van der Waals surface area contributed by atoms with Gasteiger partial charge in [0.15, 0.2) is 0 Å². The van der Waals surface area contributed by atoms with Crippen molar-refractivity contribution >= 4 is 6.09 Å². The van der Waals surface area contributed by atoms with Crippen LogP contribution in [-0.2, 0) is 4.74 Å². The van der Waals surface area contributed by atoms with E-state index in [1.54, 1.807) is 11.1 Å². The van der Waals surface area contributed by atoms with Gasteiger partial charge in [-0.25, -0.2) is 4.79 Å². The smallest absolute Gasteiger partial charge is 0.410 e. The fraction of sp³-hybridized carbons (Fsp3) is 0.647. The third-order valence-electron chi connectivity index (χ3n) is 3.59. The first kappa shape index (κ1) is 16.6. The quantitative estimate of drug-likeness (QED) is 0.853. The highest BCUT2D eigenvalue weighted by molar-refractivity contribution is 5.68. The molecule has 1 aromatic heterocycles. The molecule has 5 heteroatoms. The first-order valence-electron chi connectivity index (χ1n) is 7.91. The average Bonchev–Trinajstić information content (AvgIpc) is 2.72. The molecule has 1 aliphatic rings. The van der Waals surface area contributed by atoms with Gasteiger partial charge in [0.1, 0.15) is 17.5 Å². The van der Waals surface area contributed by atoms with E-state index in [9.17, 15) is 4.79 Å². The highest BCUT2D eigenvalue weighted by Crippen LogP contribution is 2.36. The number of aromatic nitrogens is 1. The zero-order chi connectivity index (χ0) is 16.3. The van der Waals surface area contributed by atoms with Crippen LogP contribution in [0, 0.1) is 0 Å². The van der Waals surface area contributed by atoms with Gasteiger partial charge in [0.2, 0.25) is 0 Å². The van der Waals surface area contributed by atoms with Gasteiger partial charge in [-0.05, 0) is 46.2 Å². The Balaban J connectivity index is 2.13. The molecule has 0 saturated carbocycles. The highest BCUT2D eigenvalue weighted by Gasteiger charge is 2.35. The minimum Gasteiger partial charge on any atom is -0.488 e. The number of carbonyl (C=O) groups excluding carboxylic acids is 1. The summed E-state index contributed by atoms with van der Waals surface area (Å²) in [5.41, 5.74) is 0.441. The van der Waals surface area contributed by atoms with Crippen LogP contribution in [0.25, 0.3) is 0 Å². The Kier molecular flexibility index (Phi) is 4.94. The SMILES string of the molecule is CCCN(C[C@H]1c2ncccc2O[C@@H]1C)C(=O)OC(C)(C)C. The standard InChI is InChI=1S/C17H26N2O3/c1-6-10-19(16(20)22-17(3,4)5)11-13-12(2)21-14-8-7-9-18-15(13)14/h7-9,12-13H,6,10-11H2,1-5H3/t12-,13-/m1/s1. The van der Waals surface area contributed by atoms with Crippen LogP contribution in [-0.4, -0.2) is 40.8 Å². The summed E-state index contributed by atoms with van der Waals surface area (Å²) in [6, 6.07) is 3.79. The Morgan fingerprint density at radius 3 is 2.82 bits per heavy atom. The van der Waals surface area contributed by atoms with Crippen molar-refractivity contribution in [2.45, 2.75) is 58.7 Å². The molecule has 122 valence electrons. The lowest BCUT2D eigenvalue weighted by Gasteiger charge is -2.29. The van der Waals surface area contributed by atoms with Crippen LogP contribution in [0.2, 0.25) is 0 Å². The number of nitrogens with zero attached hydrogens (tertiary/aromatic N) is 2. The second-order valence-corrected chi connectivity index (χ2v) is 6.74. The van der Waals surface area contributed by atoms with Crippen LogP contribution < -0.4 is 4.74 Å². The first-order chi connectivity index (χ1) is 10.3. The number of fused-ring (bicyclic) bond motifs is 1. The Bertz CT molecular complexity index is 525. The van der Waals surface area contributed by atoms with Crippen molar-refractivity contribution in [3.8, 4) is 5.75 Å². The van der Waals surface area contributed by atoms with Crippen LogP contribution >= 0.6 is 0 Å². The van der Waals surface area contributed by atoms with E-state index in [1.165, 1.54) is 0 Å². The molecule has 0 saturated heterocycles. The van der Waals surface area contributed by atoms with Crippen molar-refractivity contribution < 1.29 is 14.3 Å². The van der Waals surface area contributed by atoms with Crippen molar-refractivity contribution in [3.05, 3.63) is 24.0 Å². The molecule has 2 rings (SSSR count). The van der Waals surface area contributed by atoms with E-state index >= 15 is 0 Å². The topological polar surface area (TPSA) is 51.7 Å².